The topological polar surface area (TPSA) is 3.24 Å². The molecule has 3 aliphatic rings. The number of hydrogen-bond donors (Lipinski definition) is 0. The molecule has 1 nitrogen and oxygen atoms in total. The Hall–Kier alpha value is -3.81. The zero-order valence-corrected chi connectivity index (χ0v) is 27.6. The zero-order valence-electron chi connectivity index (χ0n) is 26.9. The van der Waals surface area contributed by atoms with Gasteiger partial charge in [-0.2, -0.15) is 0 Å². The molecule has 0 saturated heterocycles. The Bertz CT molecular complexity index is 1990. The van der Waals surface area contributed by atoms with Crippen LogP contribution in [-0.2, 0) is 10.8 Å². The van der Waals surface area contributed by atoms with Crippen LogP contribution in [0.25, 0.3) is 27.1 Å². The molecule has 7 rings (SSSR count). The zero-order chi connectivity index (χ0) is 30.8. The van der Waals surface area contributed by atoms with Gasteiger partial charge in [-0.15, -0.1) is 0 Å². The van der Waals surface area contributed by atoms with Crippen LogP contribution in [0, 0.1) is 0 Å². The lowest BCUT2D eigenvalue weighted by Crippen LogP contribution is -2.25. The van der Waals surface area contributed by atoms with E-state index in [1.807, 2.05) is 0 Å². The fourth-order valence-electron chi connectivity index (χ4n) is 8.29. The van der Waals surface area contributed by atoms with E-state index in [-0.39, 0.29) is 10.8 Å². The highest BCUT2D eigenvalue weighted by atomic mass is 35.5. The van der Waals surface area contributed by atoms with Crippen molar-refractivity contribution in [1.29, 1.82) is 0 Å². The Labute approximate surface area is 267 Å². The first-order valence-corrected chi connectivity index (χ1v) is 16.6. The van der Waals surface area contributed by atoms with Gasteiger partial charge in [0, 0.05) is 33.8 Å². The number of likely N-dealkylation sites (N-methyl/N-ethyl adjacent to an activating group) is 1. The van der Waals surface area contributed by atoms with Gasteiger partial charge in [0.05, 0.1) is 0 Å². The summed E-state index contributed by atoms with van der Waals surface area (Å²) in [6.07, 6.45) is 12.3. The fraction of sp³-hybridized carbons (Fsp3) is 0.286. The van der Waals surface area contributed by atoms with Gasteiger partial charge in [-0.3, -0.25) is 0 Å². The third-order valence-corrected chi connectivity index (χ3v) is 10.9. The molecular formula is C42H42ClN. The lowest BCUT2D eigenvalue weighted by molar-refractivity contribution is 0.638. The summed E-state index contributed by atoms with van der Waals surface area (Å²) >= 11 is 7.13. The third kappa shape index (κ3) is 4.27. The smallest absolute Gasteiger partial charge is 0.0470 e. The first-order valence-electron chi connectivity index (χ1n) is 16.2. The number of anilines is 1. The largest absolute Gasteiger partial charge is 0.344 e. The molecule has 0 unspecified atom stereocenters. The highest BCUT2D eigenvalue weighted by Gasteiger charge is 2.41. The van der Waals surface area contributed by atoms with Gasteiger partial charge in [-0.1, -0.05) is 131 Å². The van der Waals surface area contributed by atoms with E-state index in [1.165, 1.54) is 71.9 Å². The van der Waals surface area contributed by atoms with E-state index in [4.69, 9.17) is 11.6 Å². The summed E-state index contributed by atoms with van der Waals surface area (Å²) in [6, 6.07) is 26.8. The number of nitrogens with zero attached hydrogens (tertiary/aromatic N) is 1. The van der Waals surface area contributed by atoms with Crippen molar-refractivity contribution in [2.24, 2.45) is 0 Å². The monoisotopic (exact) mass is 595 g/mol. The van der Waals surface area contributed by atoms with Crippen molar-refractivity contribution in [3.8, 4) is 0 Å². The molecule has 1 aliphatic heterocycles. The average molecular weight is 596 g/mol. The minimum atomic E-state index is -0.100. The van der Waals surface area contributed by atoms with E-state index in [2.05, 4.69) is 144 Å². The van der Waals surface area contributed by atoms with Gasteiger partial charge in [-0.25, -0.2) is 0 Å². The molecule has 0 atom stereocenters. The molecule has 0 aromatic heterocycles. The van der Waals surface area contributed by atoms with Crippen LogP contribution in [0.3, 0.4) is 0 Å². The predicted octanol–water partition coefficient (Wildman–Crippen LogP) is 11.9. The summed E-state index contributed by atoms with van der Waals surface area (Å²) in [5.74, 6) is 0. The van der Waals surface area contributed by atoms with Crippen molar-refractivity contribution < 1.29 is 0 Å². The molecule has 4 aromatic carbocycles. The maximum Gasteiger partial charge on any atom is 0.0470 e. The van der Waals surface area contributed by atoms with Gasteiger partial charge in [0.1, 0.15) is 0 Å². The van der Waals surface area contributed by atoms with Gasteiger partial charge >= 0.3 is 0 Å². The number of halogens is 1. The molecule has 0 amide bonds. The molecule has 4 aromatic rings. The van der Waals surface area contributed by atoms with Gasteiger partial charge < -0.3 is 4.90 Å². The van der Waals surface area contributed by atoms with E-state index in [1.54, 1.807) is 0 Å². The molecule has 0 spiro atoms. The molecule has 0 saturated carbocycles. The molecule has 0 fully saturated rings. The van der Waals surface area contributed by atoms with Gasteiger partial charge in [0.2, 0.25) is 0 Å². The Kier molecular flexibility index (Phi) is 7.02. The molecule has 1 heterocycles. The lowest BCUT2D eigenvalue weighted by Gasteiger charge is -2.26. The normalized spacial score (nSPS) is 20.8. The summed E-state index contributed by atoms with van der Waals surface area (Å²) in [5.41, 5.74) is 12.1. The van der Waals surface area contributed by atoms with Crippen molar-refractivity contribution in [3.63, 3.8) is 0 Å². The number of fused-ring (bicyclic) bond motifs is 6. The maximum absolute atomic E-state index is 7.13. The quantitative estimate of drug-likeness (QED) is 0.222. The fourth-order valence-corrected chi connectivity index (χ4v) is 8.61. The average Bonchev–Trinajstić information content (AvgIpc) is 3.57. The van der Waals surface area contributed by atoms with Crippen LogP contribution in [0.1, 0.15) is 77.5 Å². The van der Waals surface area contributed by atoms with Gasteiger partial charge in [-0.05, 0) is 98.9 Å². The van der Waals surface area contributed by atoms with Crippen LogP contribution in [0.4, 0.5) is 5.69 Å². The van der Waals surface area contributed by atoms with Crippen LogP contribution >= 0.6 is 11.6 Å². The van der Waals surface area contributed by atoms with E-state index >= 15 is 0 Å². The van der Waals surface area contributed by atoms with Crippen molar-refractivity contribution in [2.45, 2.75) is 71.6 Å². The first-order chi connectivity index (χ1) is 21.2. The number of allylic oxidation sites excluding steroid dienone is 10. The van der Waals surface area contributed by atoms with E-state index < -0.39 is 0 Å². The van der Waals surface area contributed by atoms with Gasteiger partial charge in [0.15, 0.2) is 0 Å². The second kappa shape index (κ2) is 10.7. The summed E-state index contributed by atoms with van der Waals surface area (Å²) in [6.45, 7) is 15.0. The maximum atomic E-state index is 7.13. The molecule has 44 heavy (non-hydrogen) atoms. The van der Waals surface area contributed by atoms with Crippen LogP contribution in [0.2, 0.25) is 0 Å². The number of hydrogen-bond acceptors (Lipinski definition) is 1. The van der Waals surface area contributed by atoms with Crippen molar-refractivity contribution in [1.82, 2.24) is 0 Å². The number of rotatable bonds is 5. The Morgan fingerprint density at radius 1 is 0.727 bits per heavy atom. The second-order valence-corrected chi connectivity index (χ2v) is 13.9. The van der Waals surface area contributed by atoms with Crippen molar-refractivity contribution >= 4 is 44.4 Å². The predicted molar refractivity (Wildman–Crippen MR) is 192 cm³/mol. The molecule has 0 bridgehead atoms. The Morgan fingerprint density at radius 3 is 2.07 bits per heavy atom. The third-order valence-electron chi connectivity index (χ3n) is 10.4. The molecular weight excluding hydrogens is 554 g/mol. The van der Waals surface area contributed by atoms with E-state index in [0.717, 1.165) is 30.8 Å². The second-order valence-electron chi connectivity index (χ2n) is 13.5. The van der Waals surface area contributed by atoms with Crippen LogP contribution in [0.15, 0.2) is 125 Å². The Morgan fingerprint density at radius 2 is 1.39 bits per heavy atom. The van der Waals surface area contributed by atoms with Gasteiger partial charge in [0.25, 0.3) is 0 Å². The standard InChI is InChI=1S/C42H42ClN/c1-7-31-34-23-19-27-13-9-11-15-32(27)38(34)41(3,4)35(31)24-20-29-17-18-30(40(29)43)22-26-37-42(5,6)39-33-16-12-10-14-28(33)21-25-36(39)44(37)8-2/h9-16,19-26H,7-8,17-18H2,1-6H3/b24-20+,30-22?,37-26+. The highest BCUT2D eigenvalue weighted by Crippen LogP contribution is 2.52. The van der Waals surface area contributed by atoms with Crippen molar-refractivity contribution in [3.05, 3.63) is 141 Å². The summed E-state index contributed by atoms with van der Waals surface area (Å²) in [7, 11) is 0. The van der Waals surface area contributed by atoms with E-state index in [9.17, 15) is 0 Å². The summed E-state index contributed by atoms with van der Waals surface area (Å²) in [4.78, 5) is 2.48. The molecule has 2 heteroatoms. The summed E-state index contributed by atoms with van der Waals surface area (Å²) < 4.78 is 0. The summed E-state index contributed by atoms with van der Waals surface area (Å²) in [5, 5.41) is 6.25. The minimum Gasteiger partial charge on any atom is -0.344 e. The lowest BCUT2D eigenvalue weighted by atomic mass is 9.78. The van der Waals surface area contributed by atoms with Crippen molar-refractivity contribution in [2.75, 3.05) is 11.4 Å². The number of benzene rings is 4. The minimum absolute atomic E-state index is 0.0659. The molecule has 0 radical (unpaired) electrons. The van der Waals surface area contributed by atoms with Crippen LogP contribution in [0.5, 0.6) is 0 Å². The molecule has 2 aliphatic carbocycles. The molecule has 0 N–H and O–H groups in total. The highest BCUT2D eigenvalue weighted by molar-refractivity contribution is 6.33. The van der Waals surface area contributed by atoms with Crippen LogP contribution < -0.4 is 4.90 Å². The van der Waals surface area contributed by atoms with E-state index in [0.29, 0.717) is 0 Å². The molecule has 222 valence electrons. The SMILES string of the molecule is CCC1=C(/C=C/C2=C(Cl)C(=C/C=C3/N(CC)c4ccc5ccccc5c4C3(C)C)CC2)C(C)(C)c2c1ccc1ccccc21. The van der Waals surface area contributed by atoms with Crippen LogP contribution in [-0.4, -0.2) is 6.54 Å². The first kappa shape index (κ1) is 28.9. The Balaban J connectivity index is 1.22.